The number of aromatic nitrogens is 3. The van der Waals surface area contributed by atoms with Gasteiger partial charge in [-0.2, -0.15) is 5.10 Å². The number of methoxy groups -OCH3 is 1. The SMILES string of the molecule is COCCO/N=C(\C)c1ccc(=N)n(C(=N)C(C)c2c(F)cc3ncccc3c2F)n1. The molecule has 0 aliphatic rings. The van der Waals surface area contributed by atoms with Gasteiger partial charge in [0.1, 0.15) is 41.0 Å². The van der Waals surface area contributed by atoms with Crippen LogP contribution >= 0.6 is 0 Å². The van der Waals surface area contributed by atoms with Crippen molar-refractivity contribution in [1.82, 2.24) is 14.8 Å². The van der Waals surface area contributed by atoms with Crippen LogP contribution in [0.25, 0.3) is 10.9 Å². The highest BCUT2D eigenvalue weighted by atomic mass is 19.1. The first-order valence-corrected chi connectivity index (χ1v) is 9.47. The fourth-order valence-electron chi connectivity index (χ4n) is 2.99. The Morgan fingerprint density at radius 1 is 1.26 bits per heavy atom. The van der Waals surface area contributed by atoms with Crippen molar-refractivity contribution >= 4 is 22.5 Å². The molecule has 0 bridgehead atoms. The van der Waals surface area contributed by atoms with Crippen molar-refractivity contribution in [3.05, 3.63) is 64.9 Å². The number of nitrogens with zero attached hydrogens (tertiary/aromatic N) is 4. The smallest absolute Gasteiger partial charge is 0.148 e. The largest absolute Gasteiger partial charge is 0.393 e. The molecule has 0 saturated heterocycles. The zero-order chi connectivity index (χ0) is 22.5. The monoisotopic (exact) mass is 428 g/mol. The van der Waals surface area contributed by atoms with Gasteiger partial charge in [0.15, 0.2) is 0 Å². The molecule has 8 nitrogen and oxygen atoms in total. The Kier molecular flexibility index (Phi) is 6.81. The van der Waals surface area contributed by atoms with E-state index in [2.05, 4.69) is 15.2 Å². The summed E-state index contributed by atoms with van der Waals surface area (Å²) >= 11 is 0. The van der Waals surface area contributed by atoms with Gasteiger partial charge >= 0.3 is 0 Å². The maximum absolute atomic E-state index is 15.1. The Morgan fingerprint density at radius 2 is 2.03 bits per heavy atom. The predicted octanol–water partition coefficient (Wildman–Crippen LogP) is 3.21. The van der Waals surface area contributed by atoms with E-state index in [1.54, 1.807) is 26.2 Å². The molecule has 1 unspecified atom stereocenters. The Labute approximate surface area is 177 Å². The third-order valence-corrected chi connectivity index (χ3v) is 4.69. The van der Waals surface area contributed by atoms with E-state index in [0.717, 1.165) is 10.7 Å². The van der Waals surface area contributed by atoms with Crippen LogP contribution in [0.2, 0.25) is 0 Å². The maximum atomic E-state index is 15.1. The van der Waals surface area contributed by atoms with E-state index in [0.29, 0.717) is 18.0 Å². The molecule has 2 aromatic heterocycles. The number of hydrogen-bond donors (Lipinski definition) is 2. The number of benzene rings is 1. The van der Waals surface area contributed by atoms with Crippen LogP contribution in [0.1, 0.15) is 31.0 Å². The number of fused-ring (bicyclic) bond motifs is 1. The number of hydrogen-bond acceptors (Lipinski definition) is 7. The molecule has 0 aliphatic carbocycles. The highest BCUT2D eigenvalue weighted by molar-refractivity contribution is 5.97. The Bertz CT molecular complexity index is 1210. The lowest BCUT2D eigenvalue weighted by atomic mass is 9.96. The molecular weight excluding hydrogens is 406 g/mol. The van der Waals surface area contributed by atoms with Gasteiger partial charge < -0.3 is 9.57 Å². The molecule has 3 rings (SSSR count). The molecule has 1 aromatic carbocycles. The van der Waals surface area contributed by atoms with E-state index < -0.39 is 17.6 Å². The maximum Gasteiger partial charge on any atom is 0.148 e. The standard InChI is InChI=1S/C21H22F2N6O2/c1-12(19-15(22)11-17-14(20(19)23)5-4-8-26-17)21(25)29-18(24)7-6-16(27-29)13(2)28-31-10-9-30-3/h4-8,11-12,24-25H,9-10H2,1-3H3/b24-18?,25-21?,28-13+. The molecule has 3 aromatic rings. The van der Waals surface area contributed by atoms with E-state index >= 15 is 4.39 Å². The van der Waals surface area contributed by atoms with E-state index in [1.165, 1.54) is 25.3 Å². The van der Waals surface area contributed by atoms with Gasteiger partial charge in [-0.25, -0.2) is 13.5 Å². The van der Waals surface area contributed by atoms with E-state index in [9.17, 15) is 4.39 Å². The van der Waals surface area contributed by atoms with Gasteiger partial charge in [0.05, 0.1) is 12.1 Å². The minimum absolute atomic E-state index is 0.114. The summed E-state index contributed by atoms with van der Waals surface area (Å²) in [6, 6.07) is 7.18. The predicted molar refractivity (Wildman–Crippen MR) is 111 cm³/mol. The number of rotatable bonds is 7. The average Bonchev–Trinajstić information content (AvgIpc) is 2.76. The van der Waals surface area contributed by atoms with Crippen LogP contribution in [-0.4, -0.2) is 46.6 Å². The zero-order valence-electron chi connectivity index (χ0n) is 17.3. The van der Waals surface area contributed by atoms with Crippen molar-refractivity contribution in [2.75, 3.05) is 20.3 Å². The fraction of sp³-hybridized carbons (Fsp3) is 0.286. The summed E-state index contributed by atoms with van der Waals surface area (Å²) in [6.45, 7) is 3.77. The summed E-state index contributed by atoms with van der Waals surface area (Å²) in [4.78, 5) is 9.09. The van der Waals surface area contributed by atoms with Gasteiger partial charge in [-0.3, -0.25) is 15.8 Å². The van der Waals surface area contributed by atoms with Crippen molar-refractivity contribution in [3.8, 4) is 0 Å². The van der Waals surface area contributed by atoms with Crippen LogP contribution < -0.4 is 5.49 Å². The summed E-state index contributed by atoms with van der Waals surface area (Å²) in [5.41, 5.74) is 0.567. The summed E-state index contributed by atoms with van der Waals surface area (Å²) < 4.78 is 35.7. The molecular formula is C21H22F2N6O2. The zero-order valence-corrected chi connectivity index (χ0v) is 17.3. The van der Waals surface area contributed by atoms with Crippen LogP contribution in [0.15, 0.2) is 41.7 Å². The Hall–Kier alpha value is -3.53. The molecule has 10 heteroatoms. The second-order valence-electron chi connectivity index (χ2n) is 6.78. The van der Waals surface area contributed by atoms with Crippen LogP contribution in [0.5, 0.6) is 0 Å². The van der Waals surface area contributed by atoms with Gasteiger partial charge in [-0.05, 0) is 31.2 Å². The Balaban J connectivity index is 1.96. The molecule has 31 heavy (non-hydrogen) atoms. The van der Waals surface area contributed by atoms with Gasteiger partial charge in [0.25, 0.3) is 0 Å². The molecule has 0 saturated carbocycles. The van der Waals surface area contributed by atoms with Crippen LogP contribution in [0.4, 0.5) is 8.78 Å². The minimum Gasteiger partial charge on any atom is -0.393 e. The number of halogens is 2. The summed E-state index contributed by atoms with van der Waals surface area (Å²) in [5, 5.41) is 24.9. The quantitative estimate of drug-likeness (QED) is 0.261. The lowest BCUT2D eigenvalue weighted by Gasteiger charge is -2.18. The van der Waals surface area contributed by atoms with Crippen molar-refractivity contribution in [3.63, 3.8) is 0 Å². The molecule has 0 radical (unpaired) electrons. The van der Waals surface area contributed by atoms with E-state index in [1.807, 2.05) is 0 Å². The highest BCUT2D eigenvalue weighted by Gasteiger charge is 2.24. The van der Waals surface area contributed by atoms with Crippen LogP contribution in [-0.2, 0) is 9.57 Å². The van der Waals surface area contributed by atoms with Gasteiger partial charge in [-0.1, -0.05) is 12.1 Å². The fourth-order valence-corrected chi connectivity index (χ4v) is 2.99. The number of ether oxygens (including phenoxy) is 1. The first kappa shape index (κ1) is 22.2. The first-order valence-electron chi connectivity index (χ1n) is 9.47. The van der Waals surface area contributed by atoms with Crippen LogP contribution in [0, 0.1) is 22.5 Å². The number of oxime groups is 1. The van der Waals surface area contributed by atoms with E-state index in [4.69, 9.17) is 20.4 Å². The van der Waals surface area contributed by atoms with Gasteiger partial charge in [0.2, 0.25) is 0 Å². The number of nitrogens with one attached hydrogen (secondary N) is 2. The molecule has 0 fully saturated rings. The third-order valence-electron chi connectivity index (χ3n) is 4.69. The minimum atomic E-state index is -1.02. The summed E-state index contributed by atoms with van der Waals surface area (Å²) in [7, 11) is 1.54. The second kappa shape index (κ2) is 9.52. The van der Waals surface area contributed by atoms with Crippen molar-refractivity contribution in [2.45, 2.75) is 19.8 Å². The van der Waals surface area contributed by atoms with E-state index in [-0.39, 0.29) is 34.4 Å². The van der Waals surface area contributed by atoms with Crippen molar-refractivity contribution in [2.24, 2.45) is 5.16 Å². The molecule has 1 atom stereocenters. The topological polar surface area (TPSA) is 109 Å². The molecule has 0 amide bonds. The highest BCUT2D eigenvalue weighted by Crippen LogP contribution is 2.29. The average molecular weight is 428 g/mol. The first-order chi connectivity index (χ1) is 14.8. The Morgan fingerprint density at radius 3 is 2.77 bits per heavy atom. The second-order valence-corrected chi connectivity index (χ2v) is 6.78. The lowest BCUT2D eigenvalue weighted by Crippen LogP contribution is -2.33. The van der Waals surface area contributed by atoms with Gasteiger partial charge in [-0.15, -0.1) is 0 Å². The van der Waals surface area contributed by atoms with Crippen LogP contribution in [0.3, 0.4) is 0 Å². The summed E-state index contributed by atoms with van der Waals surface area (Å²) in [6.07, 6.45) is 1.45. The molecule has 0 aliphatic heterocycles. The number of pyridine rings is 1. The third kappa shape index (κ3) is 4.64. The lowest BCUT2D eigenvalue weighted by molar-refractivity contribution is 0.0751. The molecule has 0 spiro atoms. The van der Waals surface area contributed by atoms with Crippen molar-refractivity contribution in [1.29, 1.82) is 10.8 Å². The summed E-state index contributed by atoms with van der Waals surface area (Å²) in [5.74, 6) is -2.88. The normalized spacial score (nSPS) is 12.7. The van der Waals surface area contributed by atoms with Gasteiger partial charge in [0, 0.05) is 36.2 Å². The molecule has 162 valence electrons. The van der Waals surface area contributed by atoms with Crippen molar-refractivity contribution < 1.29 is 18.4 Å². The molecule has 2 N–H and O–H groups in total. The molecule has 2 heterocycles.